The molecule has 1 aromatic rings. The molecule has 1 aromatic heterocycles. The van der Waals surface area contributed by atoms with Gasteiger partial charge in [-0.25, -0.2) is 0 Å². The Bertz CT molecular complexity index is 311. The average molecular weight is 167 g/mol. The van der Waals surface area contributed by atoms with Crippen molar-refractivity contribution in [3.8, 4) is 0 Å². The van der Waals surface area contributed by atoms with Crippen LogP contribution in [0.25, 0.3) is 0 Å². The lowest BCUT2D eigenvalue weighted by Gasteiger charge is -2.04. The number of nitrogens with zero attached hydrogens (tertiary/aromatic N) is 2. The standard InChI is InChI=1S/C6H9N5O/c1-9-5-3(2-12)4(7)10-6(8)11-5/h2H,1H3,(H5,7,8,9,10,11). The summed E-state index contributed by atoms with van der Waals surface area (Å²) in [5.41, 5.74) is 10.9. The van der Waals surface area contributed by atoms with Crippen LogP contribution in [0.4, 0.5) is 17.6 Å². The van der Waals surface area contributed by atoms with Gasteiger partial charge >= 0.3 is 0 Å². The van der Waals surface area contributed by atoms with Crippen LogP contribution in [-0.2, 0) is 0 Å². The van der Waals surface area contributed by atoms with Crippen LogP contribution in [0, 0.1) is 0 Å². The van der Waals surface area contributed by atoms with E-state index >= 15 is 0 Å². The van der Waals surface area contributed by atoms with E-state index < -0.39 is 0 Å². The molecule has 0 aliphatic carbocycles. The third kappa shape index (κ3) is 1.26. The number of anilines is 3. The number of aldehydes is 1. The van der Waals surface area contributed by atoms with E-state index in [4.69, 9.17) is 11.5 Å². The van der Waals surface area contributed by atoms with Crippen molar-refractivity contribution in [3.63, 3.8) is 0 Å². The van der Waals surface area contributed by atoms with E-state index in [0.29, 0.717) is 12.1 Å². The van der Waals surface area contributed by atoms with Crippen molar-refractivity contribution in [2.45, 2.75) is 0 Å². The number of carbonyl (C=O) groups is 1. The van der Waals surface area contributed by atoms with Crippen LogP contribution in [0.2, 0.25) is 0 Å². The summed E-state index contributed by atoms with van der Waals surface area (Å²) >= 11 is 0. The lowest BCUT2D eigenvalue weighted by molar-refractivity contribution is 0.112. The third-order valence-corrected chi connectivity index (χ3v) is 1.35. The van der Waals surface area contributed by atoms with Crippen molar-refractivity contribution in [3.05, 3.63) is 5.56 Å². The van der Waals surface area contributed by atoms with Crippen LogP contribution in [-0.4, -0.2) is 23.3 Å². The minimum Gasteiger partial charge on any atom is -0.383 e. The molecule has 0 atom stereocenters. The zero-order valence-corrected chi connectivity index (χ0v) is 6.53. The molecule has 6 nitrogen and oxygen atoms in total. The topological polar surface area (TPSA) is 107 Å². The first-order valence-corrected chi connectivity index (χ1v) is 3.25. The molecule has 64 valence electrons. The number of nitrogen functional groups attached to an aromatic ring is 2. The number of hydrogen-bond donors (Lipinski definition) is 3. The molecule has 0 saturated carbocycles. The quantitative estimate of drug-likeness (QED) is 0.512. The highest BCUT2D eigenvalue weighted by Crippen LogP contribution is 2.15. The van der Waals surface area contributed by atoms with E-state index in [1.165, 1.54) is 0 Å². The fourth-order valence-electron chi connectivity index (χ4n) is 0.811. The minimum absolute atomic E-state index is 0.0439. The molecule has 12 heavy (non-hydrogen) atoms. The molecule has 0 saturated heterocycles. The van der Waals surface area contributed by atoms with Crippen molar-refractivity contribution < 1.29 is 4.79 Å². The number of aromatic nitrogens is 2. The number of nitrogens with one attached hydrogen (secondary N) is 1. The molecule has 0 fully saturated rings. The van der Waals surface area contributed by atoms with Gasteiger partial charge in [0.15, 0.2) is 6.29 Å². The first-order valence-electron chi connectivity index (χ1n) is 3.25. The van der Waals surface area contributed by atoms with E-state index in [1.54, 1.807) is 7.05 Å². The molecule has 0 amide bonds. The summed E-state index contributed by atoms with van der Waals surface area (Å²) in [6, 6.07) is 0. The highest BCUT2D eigenvalue weighted by atomic mass is 16.1. The molecule has 0 spiro atoms. The summed E-state index contributed by atoms with van der Waals surface area (Å²) in [4.78, 5) is 17.9. The average Bonchev–Trinajstić information content (AvgIpc) is 2.03. The predicted molar refractivity (Wildman–Crippen MR) is 45.8 cm³/mol. The van der Waals surface area contributed by atoms with Crippen molar-refractivity contribution >= 4 is 23.9 Å². The molecule has 0 aliphatic heterocycles. The fourth-order valence-corrected chi connectivity index (χ4v) is 0.811. The van der Waals surface area contributed by atoms with Crippen molar-refractivity contribution in [2.24, 2.45) is 0 Å². The van der Waals surface area contributed by atoms with Gasteiger partial charge in [-0.15, -0.1) is 0 Å². The van der Waals surface area contributed by atoms with Crippen LogP contribution < -0.4 is 16.8 Å². The van der Waals surface area contributed by atoms with Crippen molar-refractivity contribution in [1.29, 1.82) is 0 Å². The number of hydrogen-bond acceptors (Lipinski definition) is 6. The Morgan fingerprint density at radius 3 is 2.58 bits per heavy atom. The Hall–Kier alpha value is -1.85. The van der Waals surface area contributed by atoms with E-state index in [9.17, 15) is 4.79 Å². The monoisotopic (exact) mass is 167 g/mol. The summed E-state index contributed by atoms with van der Waals surface area (Å²) in [6.45, 7) is 0. The molecular weight excluding hydrogens is 158 g/mol. The van der Waals surface area contributed by atoms with Gasteiger partial charge in [-0.3, -0.25) is 4.79 Å². The Morgan fingerprint density at radius 1 is 1.42 bits per heavy atom. The third-order valence-electron chi connectivity index (χ3n) is 1.35. The zero-order valence-electron chi connectivity index (χ0n) is 6.53. The summed E-state index contributed by atoms with van der Waals surface area (Å²) in [5.74, 6) is 0.472. The second-order valence-electron chi connectivity index (χ2n) is 2.10. The van der Waals surface area contributed by atoms with Gasteiger partial charge in [-0.1, -0.05) is 0 Å². The summed E-state index contributed by atoms with van der Waals surface area (Å²) in [6.07, 6.45) is 0.584. The van der Waals surface area contributed by atoms with Gasteiger partial charge in [0, 0.05) is 7.05 Å². The Morgan fingerprint density at radius 2 is 2.08 bits per heavy atom. The van der Waals surface area contributed by atoms with E-state index in [0.717, 1.165) is 0 Å². The van der Waals surface area contributed by atoms with Crippen LogP contribution in [0.5, 0.6) is 0 Å². The maximum absolute atomic E-state index is 10.5. The largest absolute Gasteiger partial charge is 0.383 e. The van der Waals surface area contributed by atoms with Gasteiger partial charge in [-0.05, 0) is 0 Å². The number of carbonyl (C=O) groups excluding carboxylic acids is 1. The lowest BCUT2D eigenvalue weighted by Crippen LogP contribution is -2.08. The number of nitrogens with two attached hydrogens (primary N) is 2. The molecular formula is C6H9N5O. The van der Waals surface area contributed by atoms with Gasteiger partial charge in [0.1, 0.15) is 11.6 Å². The van der Waals surface area contributed by atoms with Crippen LogP contribution >= 0.6 is 0 Å². The van der Waals surface area contributed by atoms with Gasteiger partial charge < -0.3 is 16.8 Å². The Kier molecular flexibility index (Phi) is 2.09. The molecule has 1 heterocycles. The minimum atomic E-state index is 0.0439. The SMILES string of the molecule is CNc1nc(N)nc(N)c1C=O. The molecule has 6 heteroatoms. The highest BCUT2D eigenvalue weighted by molar-refractivity contribution is 5.88. The summed E-state index contributed by atoms with van der Waals surface area (Å²) in [7, 11) is 1.62. The smallest absolute Gasteiger partial charge is 0.223 e. The van der Waals surface area contributed by atoms with E-state index in [2.05, 4.69) is 15.3 Å². The molecule has 0 bridgehead atoms. The number of rotatable bonds is 2. The predicted octanol–water partition coefficient (Wildman–Crippen LogP) is -0.505. The maximum Gasteiger partial charge on any atom is 0.223 e. The van der Waals surface area contributed by atoms with Crippen LogP contribution in [0.15, 0.2) is 0 Å². The Balaban J connectivity index is 3.33. The maximum atomic E-state index is 10.5. The van der Waals surface area contributed by atoms with Crippen molar-refractivity contribution in [2.75, 3.05) is 23.8 Å². The first-order chi connectivity index (χ1) is 5.69. The second kappa shape index (κ2) is 3.04. The van der Waals surface area contributed by atoms with Crippen molar-refractivity contribution in [1.82, 2.24) is 9.97 Å². The second-order valence-corrected chi connectivity index (χ2v) is 2.10. The highest BCUT2D eigenvalue weighted by Gasteiger charge is 2.08. The normalized spacial score (nSPS) is 9.42. The Labute approximate surface area is 69.0 Å². The summed E-state index contributed by atoms with van der Waals surface area (Å²) < 4.78 is 0. The van der Waals surface area contributed by atoms with Gasteiger partial charge in [0.2, 0.25) is 5.95 Å². The van der Waals surface area contributed by atoms with E-state index in [1.807, 2.05) is 0 Å². The van der Waals surface area contributed by atoms with Gasteiger partial charge in [-0.2, -0.15) is 9.97 Å². The van der Waals surface area contributed by atoms with Crippen LogP contribution in [0.1, 0.15) is 10.4 Å². The summed E-state index contributed by atoms with van der Waals surface area (Å²) in [5, 5.41) is 2.69. The van der Waals surface area contributed by atoms with Gasteiger partial charge in [0.25, 0.3) is 0 Å². The van der Waals surface area contributed by atoms with Gasteiger partial charge in [0.05, 0.1) is 5.56 Å². The molecule has 0 unspecified atom stereocenters. The molecule has 0 aliphatic rings. The lowest BCUT2D eigenvalue weighted by atomic mass is 10.3. The molecule has 0 aromatic carbocycles. The van der Waals surface area contributed by atoms with Crippen LogP contribution in [0.3, 0.4) is 0 Å². The molecule has 1 rings (SSSR count). The fraction of sp³-hybridized carbons (Fsp3) is 0.167. The first kappa shape index (κ1) is 8.25. The molecule has 0 radical (unpaired) electrons. The zero-order chi connectivity index (χ0) is 9.14. The molecule has 5 N–H and O–H groups in total. The van der Waals surface area contributed by atoms with E-state index in [-0.39, 0.29) is 17.3 Å².